The minimum Gasteiger partial charge on any atom is -0.481 e. The molecule has 188 valence electrons. The lowest BCUT2D eigenvalue weighted by atomic mass is 9.68. The van der Waals surface area contributed by atoms with Crippen LogP contribution in [0.4, 0.5) is 13.2 Å². The number of likely N-dealkylation sites (tertiary alicyclic amines) is 1. The summed E-state index contributed by atoms with van der Waals surface area (Å²) in [5.74, 6) is -2.13. The van der Waals surface area contributed by atoms with Gasteiger partial charge in [0.25, 0.3) is 5.91 Å². The van der Waals surface area contributed by atoms with Crippen LogP contribution < -0.4 is 5.32 Å². The number of carboxylic acids is 1. The SMILES string of the molecule is CC(C)N(C)[C@@H]1CC[C@H](N2CC[C@H](NC(=O)c3cccc(C(F)(F)F)c3)C2=O)C(C)(C(=O)O)C1. The lowest BCUT2D eigenvalue weighted by Gasteiger charge is -2.48. The molecule has 1 aromatic rings. The van der Waals surface area contributed by atoms with Crippen molar-refractivity contribution < 1.29 is 32.7 Å². The quantitative estimate of drug-likeness (QED) is 0.648. The van der Waals surface area contributed by atoms with Crippen molar-refractivity contribution in [2.75, 3.05) is 13.6 Å². The topological polar surface area (TPSA) is 90.0 Å². The predicted octanol–water partition coefficient (Wildman–Crippen LogP) is 3.39. The highest BCUT2D eigenvalue weighted by Gasteiger charge is 2.52. The van der Waals surface area contributed by atoms with E-state index >= 15 is 0 Å². The molecule has 7 nitrogen and oxygen atoms in total. The van der Waals surface area contributed by atoms with E-state index in [0.717, 1.165) is 24.6 Å². The summed E-state index contributed by atoms with van der Waals surface area (Å²) in [5.41, 5.74) is -2.28. The molecule has 1 aliphatic carbocycles. The van der Waals surface area contributed by atoms with Crippen molar-refractivity contribution in [1.82, 2.24) is 15.1 Å². The highest BCUT2D eigenvalue weighted by molar-refractivity contribution is 5.98. The number of rotatable bonds is 6. The van der Waals surface area contributed by atoms with Crippen molar-refractivity contribution in [2.24, 2.45) is 5.41 Å². The minimum atomic E-state index is -4.58. The smallest absolute Gasteiger partial charge is 0.416 e. The summed E-state index contributed by atoms with van der Waals surface area (Å²) in [7, 11) is 1.97. The van der Waals surface area contributed by atoms with Gasteiger partial charge in [0.15, 0.2) is 0 Å². The van der Waals surface area contributed by atoms with E-state index in [1.165, 1.54) is 11.0 Å². The van der Waals surface area contributed by atoms with E-state index in [1.54, 1.807) is 6.92 Å². The summed E-state index contributed by atoms with van der Waals surface area (Å²) in [6.45, 7) is 6.05. The van der Waals surface area contributed by atoms with Gasteiger partial charge in [-0.05, 0) is 71.7 Å². The summed E-state index contributed by atoms with van der Waals surface area (Å²) in [6.07, 6.45) is -2.66. The maximum absolute atomic E-state index is 13.2. The van der Waals surface area contributed by atoms with Gasteiger partial charge >= 0.3 is 12.1 Å². The Kier molecular flexibility index (Phi) is 7.31. The first-order valence-corrected chi connectivity index (χ1v) is 11.5. The van der Waals surface area contributed by atoms with Crippen LogP contribution in [0.1, 0.15) is 62.4 Å². The third-order valence-corrected chi connectivity index (χ3v) is 7.42. The Morgan fingerprint density at radius 1 is 1.24 bits per heavy atom. The van der Waals surface area contributed by atoms with Crippen molar-refractivity contribution in [3.63, 3.8) is 0 Å². The predicted molar refractivity (Wildman–Crippen MR) is 119 cm³/mol. The zero-order valence-corrected chi connectivity index (χ0v) is 19.9. The number of amides is 2. The average molecular weight is 484 g/mol. The monoisotopic (exact) mass is 483 g/mol. The molecule has 34 heavy (non-hydrogen) atoms. The van der Waals surface area contributed by atoms with Crippen LogP contribution in [0.2, 0.25) is 0 Å². The largest absolute Gasteiger partial charge is 0.481 e. The second-order valence-corrected chi connectivity index (χ2v) is 9.86. The van der Waals surface area contributed by atoms with E-state index in [-0.39, 0.29) is 30.6 Å². The Morgan fingerprint density at radius 3 is 2.50 bits per heavy atom. The number of carbonyl (C=O) groups excluding carboxylic acids is 2. The zero-order chi connectivity index (χ0) is 25.4. The van der Waals surface area contributed by atoms with Gasteiger partial charge in [-0.2, -0.15) is 13.2 Å². The van der Waals surface area contributed by atoms with E-state index < -0.39 is 47.0 Å². The number of nitrogens with zero attached hydrogens (tertiary/aromatic N) is 2. The molecule has 0 bridgehead atoms. The highest BCUT2D eigenvalue weighted by atomic mass is 19.4. The van der Waals surface area contributed by atoms with Crippen molar-refractivity contribution in [3.8, 4) is 0 Å². The summed E-state index contributed by atoms with van der Waals surface area (Å²) in [6, 6.07) is 2.93. The summed E-state index contributed by atoms with van der Waals surface area (Å²) in [4.78, 5) is 41.8. The fourth-order valence-electron chi connectivity index (χ4n) is 5.12. The Bertz CT molecular complexity index is 952. The molecule has 2 fully saturated rings. The lowest BCUT2D eigenvalue weighted by Crippen LogP contribution is -2.58. The van der Waals surface area contributed by atoms with Crippen molar-refractivity contribution in [1.29, 1.82) is 0 Å². The number of hydrogen-bond donors (Lipinski definition) is 2. The van der Waals surface area contributed by atoms with Crippen LogP contribution in [-0.4, -0.2) is 70.4 Å². The fraction of sp³-hybridized carbons (Fsp3) is 0.625. The first-order valence-electron chi connectivity index (χ1n) is 11.5. The Morgan fingerprint density at radius 2 is 1.91 bits per heavy atom. The third-order valence-electron chi connectivity index (χ3n) is 7.42. The van der Waals surface area contributed by atoms with Gasteiger partial charge in [-0.1, -0.05) is 6.07 Å². The van der Waals surface area contributed by atoms with Crippen LogP contribution in [0.25, 0.3) is 0 Å². The molecule has 3 rings (SSSR count). The number of halogens is 3. The standard InChI is InChI=1S/C24H32F3N3O4/c1-14(2)29(4)17-8-9-19(23(3,13-17)22(33)34)30-11-10-18(21(30)32)28-20(31)15-6-5-7-16(12-15)24(25,26)27/h5-7,12,14,17-19H,8-11,13H2,1-4H3,(H,28,31)(H,33,34)/t17-,18+,19+,23?/m1/s1. The minimum absolute atomic E-state index is 0.0754. The molecule has 0 aromatic heterocycles. The van der Waals surface area contributed by atoms with E-state index in [9.17, 15) is 32.7 Å². The third kappa shape index (κ3) is 5.06. The van der Waals surface area contributed by atoms with Crippen molar-refractivity contribution in [3.05, 3.63) is 35.4 Å². The number of carboxylic acid groups (broad SMARTS) is 1. The van der Waals surface area contributed by atoms with Gasteiger partial charge in [-0.15, -0.1) is 0 Å². The average Bonchev–Trinajstić information content (AvgIpc) is 3.12. The molecule has 0 spiro atoms. The van der Waals surface area contributed by atoms with Crippen LogP contribution >= 0.6 is 0 Å². The molecule has 1 unspecified atom stereocenters. The van der Waals surface area contributed by atoms with Crippen LogP contribution in [0.5, 0.6) is 0 Å². The molecular weight excluding hydrogens is 451 g/mol. The molecule has 10 heteroatoms. The molecule has 1 heterocycles. The van der Waals surface area contributed by atoms with Crippen molar-refractivity contribution >= 4 is 17.8 Å². The number of benzene rings is 1. The molecule has 0 radical (unpaired) electrons. The van der Waals surface area contributed by atoms with Gasteiger partial charge in [-0.3, -0.25) is 14.4 Å². The Balaban J connectivity index is 1.73. The maximum Gasteiger partial charge on any atom is 0.416 e. The number of hydrogen-bond acceptors (Lipinski definition) is 4. The molecule has 1 aromatic carbocycles. The second-order valence-electron chi connectivity index (χ2n) is 9.86. The van der Waals surface area contributed by atoms with Crippen LogP contribution in [0.3, 0.4) is 0 Å². The molecule has 1 saturated carbocycles. The first kappa shape index (κ1) is 26.0. The van der Waals surface area contributed by atoms with Gasteiger partial charge in [0.1, 0.15) is 6.04 Å². The first-order chi connectivity index (χ1) is 15.8. The number of alkyl halides is 3. The highest BCUT2D eigenvalue weighted by Crippen LogP contribution is 2.42. The van der Waals surface area contributed by atoms with E-state index in [1.807, 2.05) is 20.9 Å². The lowest BCUT2D eigenvalue weighted by molar-refractivity contribution is -0.159. The van der Waals surface area contributed by atoms with Gasteiger partial charge in [-0.25, -0.2) is 0 Å². The van der Waals surface area contributed by atoms with Crippen LogP contribution in [0, 0.1) is 5.41 Å². The zero-order valence-electron chi connectivity index (χ0n) is 19.9. The molecule has 4 atom stereocenters. The summed E-state index contributed by atoms with van der Waals surface area (Å²) < 4.78 is 38.9. The Hall–Kier alpha value is -2.62. The van der Waals surface area contributed by atoms with Gasteiger partial charge in [0.05, 0.1) is 11.0 Å². The van der Waals surface area contributed by atoms with Gasteiger partial charge in [0.2, 0.25) is 5.91 Å². The molecule has 2 N–H and O–H groups in total. The van der Waals surface area contributed by atoms with Gasteiger partial charge in [0, 0.05) is 30.2 Å². The van der Waals surface area contributed by atoms with Crippen LogP contribution in [0.15, 0.2) is 24.3 Å². The van der Waals surface area contributed by atoms with E-state index in [4.69, 9.17) is 0 Å². The van der Waals surface area contributed by atoms with Crippen molar-refractivity contribution in [2.45, 2.75) is 76.8 Å². The second kappa shape index (κ2) is 9.56. The summed E-state index contributed by atoms with van der Waals surface area (Å²) in [5, 5.41) is 12.6. The molecule has 1 saturated heterocycles. The van der Waals surface area contributed by atoms with Gasteiger partial charge < -0.3 is 20.2 Å². The van der Waals surface area contributed by atoms with E-state index in [0.29, 0.717) is 12.8 Å². The molecule has 2 amide bonds. The van der Waals surface area contributed by atoms with E-state index in [2.05, 4.69) is 10.2 Å². The number of nitrogens with one attached hydrogen (secondary N) is 1. The molecule has 2 aliphatic rings. The fourth-order valence-corrected chi connectivity index (χ4v) is 5.12. The number of carbonyl (C=O) groups is 3. The normalized spacial score (nSPS) is 28.0. The number of aliphatic carboxylic acids is 1. The summed E-state index contributed by atoms with van der Waals surface area (Å²) >= 11 is 0. The maximum atomic E-state index is 13.2. The van der Waals surface area contributed by atoms with Crippen LogP contribution in [-0.2, 0) is 15.8 Å². The Labute approximate surface area is 197 Å². The molecular formula is C24H32F3N3O4. The molecule has 1 aliphatic heterocycles.